The van der Waals surface area contributed by atoms with Gasteiger partial charge in [-0.15, -0.1) is 0 Å². The molecular formula is C74H117IN16O16. The number of amides is 10. The van der Waals surface area contributed by atoms with Crippen LogP contribution >= 0.6 is 22.6 Å². The molecule has 10 amide bonds. The topological polar surface area (TPSA) is 459 Å². The van der Waals surface area contributed by atoms with Crippen LogP contribution in [0.4, 0.5) is 19.2 Å². The fraction of sp³-hybridized carbons (Fsp3) is 0.622. The molecule has 107 heavy (non-hydrogen) atoms. The predicted octanol–water partition coefficient (Wildman–Crippen LogP) is 4.15. The number of carbonyl (C=O) groups is 11. The molecule has 1 saturated heterocycles. The number of nitrogens with two attached hydrogens (primary N) is 4. The van der Waals surface area contributed by atoms with Crippen LogP contribution in [0.1, 0.15) is 146 Å². The number of aromatic hydroxyl groups is 1. The second-order valence-electron chi connectivity index (χ2n) is 31.3. The summed E-state index contributed by atoms with van der Waals surface area (Å²) in [5.41, 5.74) is 19.1. The Kier molecular flexibility index (Phi) is 35.1. The molecule has 3 aromatic carbocycles. The van der Waals surface area contributed by atoms with E-state index in [1.165, 1.54) is 25.7 Å². The Labute approximate surface area is 642 Å². The molecule has 1 heterocycles. The van der Waals surface area contributed by atoms with Crippen molar-refractivity contribution in [1.82, 2.24) is 56.8 Å². The van der Waals surface area contributed by atoms with Gasteiger partial charge in [-0.05, 0) is 185 Å². The maximum absolute atomic E-state index is 14.5. The van der Waals surface area contributed by atoms with Crippen LogP contribution in [0.25, 0.3) is 10.8 Å². The van der Waals surface area contributed by atoms with Crippen molar-refractivity contribution in [3.8, 4) is 5.75 Å². The first-order chi connectivity index (χ1) is 49.9. The number of benzene rings is 3. The standard InChI is InChI=1S/C74H117IN16O16/c1-69(2,3)104-65(100)88-32-34-90(67(102)106-71(7,8)9)46-74(43-77,47-91(68(103)107-72(10,11)12)35-33-89(45-73(13,42-76)44-88)66(101)105-70(4,5)6)87-59(95)25-17-24-58(94)81-30-18-22-54(80-14)62(98)85-55(23-19-31-82-64(78)79)63(99)86-56(39-48-26-28-50-20-15-16-21-51(50)36-48)61(97)83-40-60(96)84-52(41-92)37-49-27-29-57(93)53(75)38-49/h15-16,20-21,26-29,36,38,41,52,54-56,80,93H,17-19,22-25,30-35,37,39-40,42-47,76-77H2,1-14H3,(H,81,94)(H,83,97)(H,84,96)(H,85,98)(H,86,99)(H,87,95)(H4,78,79,82)/t52-,54-,55?,56+,73?,74?/m1/s1. The van der Waals surface area contributed by atoms with Crippen molar-refractivity contribution >= 4 is 105 Å². The van der Waals surface area contributed by atoms with Gasteiger partial charge in [0.15, 0.2) is 5.96 Å². The molecule has 0 aromatic heterocycles. The maximum atomic E-state index is 14.5. The molecule has 32 nitrogen and oxygen atoms in total. The minimum absolute atomic E-state index is 0.0121. The van der Waals surface area contributed by atoms with Gasteiger partial charge < -0.3 is 109 Å². The average molecular weight is 1610 g/mol. The number of phenols is 1. The van der Waals surface area contributed by atoms with E-state index < -0.39 is 124 Å². The SMILES string of the molecule is CN[C@H](CCCNC(=O)CCCC(=O)NC1(CN)CN(C(=O)OC(C)(C)C)CCN(C(=O)OC(C)(C)C)CC(C)(CN)CN(C(=O)OC(C)(C)C)CCN(C(=O)OC(C)(C)C)C1)C(=O)NC(CCCN=C(N)N)C(=O)N[C@@H](Cc1ccc2ccccc2c1)C(=O)NCC(=O)N[C@@H](C=O)Cc1ccc(O)c(I)c1. The Morgan fingerprint density at radius 1 is 0.570 bits per heavy atom. The summed E-state index contributed by atoms with van der Waals surface area (Å²) in [5.74, 6) is -3.90. The number of likely N-dealkylation sites (N-methyl/N-ethyl adjacent to an activating group) is 1. The lowest BCUT2D eigenvalue weighted by Gasteiger charge is -2.44. The Balaban J connectivity index is 1.53. The van der Waals surface area contributed by atoms with E-state index in [1.807, 2.05) is 65.1 Å². The minimum atomic E-state index is -1.69. The number of nitrogens with one attached hydrogen (secondary N) is 7. The van der Waals surface area contributed by atoms with E-state index in [4.69, 9.17) is 41.9 Å². The Bertz CT molecular complexity index is 3470. The van der Waals surface area contributed by atoms with Crippen LogP contribution in [0, 0.1) is 8.99 Å². The zero-order valence-electron chi connectivity index (χ0n) is 64.7. The highest BCUT2D eigenvalue weighted by molar-refractivity contribution is 14.1. The van der Waals surface area contributed by atoms with E-state index in [0.717, 1.165) is 10.8 Å². The van der Waals surface area contributed by atoms with Crippen LogP contribution in [0.15, 0.2) is 65.7 Å². The third-order valence-corrected chi connectivity index (χ3v) is 17.5. The Morgan fingerprint density at radius 3 is 1.53 bits per heavy atom. The highest BCUT2D eigenvalue weighted by Crippen LogP contribution is 2.27. The van der Waals surface area contributed by atoms with Crippen molar-refractivity contribution in [3.63, 3.8) is 0 Å². The quantitative estimate of drug-likeness (QED) is 0.0116. The van der Waals surface area contributed by atoms with Crippen LogP contribution < -0.4 is 60.2 Å². The van der Waals surface area contributed by atoms with Crippen molar-refractivity contribution in [3.05, 3.63) is 75.4 Å². The highest BCUT2D eigenvalue weighted by Gasteiger charge is 2.43. The summed E-state index contributed by atoms with van der Waals surface area (Å²) in [6.45, 7) is 19.6. The molecule has 4 rings (SSSR count). The third kappa shape index (κ3) is 33.5. The molecule has 0 bridgehead atoms. The number of halogens is 1. The second kappa shape index (κ2) is 41.5. The lowest BCUT2D eigenvalue weighted by atomic mass is 9.89. The number of phenolic OH excluding ortho intramolecular Hbond substituents is 1. The molecule has 1 unspecified atom stereocenters. The molecule has 1 aliphatic heterocycles. The average Bonchev–Trinajstić information content (AvgIpc) is 0.804. The van der Waals surface area contributed by atoms with E-state index in [0.29, 0.717) is 21.0 Å². The first-order valence-corrected chi connectivity index (χ1v) is 37.1. The fourth-order valence-electron chi connectivity index (χ4n) is 11.4. The monoisotopic (exact) mass is 1610 g/mol. The molecule has 1 aliphatic rings. The minimum Gasteiger partial charge on any atom is -0.507 e. The molecular weight excluding hydrogens is 1500 g/mol. The number of hydrogen-bond acceptors (Lipinski definition) is 20. The van der Waals surface area contributed by atoms with Crippen molar-refractivity contribution in [2.45, 2.75) is 200 Å². The summed E-state index contributed by atoms with van der Waals surface area (Å²) in [7, 11) is 1.55. The molecule has 33 heteroatoms. The maximum Gasteiger partial charge on any atom is 0.410 e. The number of aliphatic imine (C=N–C) groups is 1. The third-order valence-electron chi connectivity index (χ3n) is 16.6. The number of hydrogen-bond donors (Lipinski definition) is 12. The van der Waals surface area contributed by atoms with Gasteiger partial charge in [-0.25, -0.2) is 19.2 Å². The van der Waals surface area contributed by atoms with E-state index >= 15 is 0 Å². The van der Waals surface area contributed by atoms with Crippen molar-refractivity contribution in [2.24, 2.45) is 33.3 Å². The predicted molar refractivity (Wildman–Crippen MR) is 414 cm³/mol. The molecule has 1 fully saturated rings. The number of carbonyl (C=O) groups excluding carboxylic acids is 11. The zero-order valence-corrected chi connectivity index (χ0v) is 66.9. The van der Waals surface area contributed by atoms with Crippen LogP contribution in [0.3, 0.4) is 0 Å². The van der Waals surface area contributed by atoms with Gasteiger partial charge >= 0.3 is 24.4 Å². The Morgan fingerprint density at radius 2 is 1.05 bits per heavy atom. The summed E-state index contributed by atoms with van der Waals surface area (Å²) < 4.78 is 24.2. The van der Waals surface area contributed by atoms with Crippen LogP contribution in [0.2, 0.25) is 0 Å². The summed E-state index contributed by atoms with van der Waals surface area (Å²) in [6, 6.07) is 13.5. The van der Waals surface area contributed by atoms with Gasteiger partial charge in [-0.3, -0.25) is 33.8 Å². The van der Waals surface area contributed by atoms with Crippen molar-refractivity contribution < 1.29 is 76.8 Å². The second-order valence-corrected chi connectivity index (χ2v) is 32.5. The van der Waals surface area contributed by atoms with Crippen LogP contribution in [0.5, 0.6) is 5.75 Å². The zero-order chi connectivity index (χ0) is 80.3. The molecule has 3 aromatic rings. The Hall–Kier alpha value is -8.83. The van der Waals surface area contributed by atoms with E-state index in [2.05, 4.69) is 42.2 Å². The number of ether oxygens (including phenoxy) is 4. The summed E-state index contributed by atoms with van der Waals surface area (Å²) >= 11 is 1.95. The molecule has 0 saturated carbocycles. The summed E-state index contributed by atoms with van der Waals surface area (Å²) in [5, 5.41) is 31.4. The molecule has 16 N–H and O–H groups in total. The largest absolute Gasteiger partial charge is 0.507 e. The molecule has 596 valence electrons. The molecule has 0 spiro atoms. The number of rotatable bonds is 29. The van der Waals surface area contributed by atoms with E-state index in [1.54, 1.807) is 109 Å². The van der Waals surface area contributed by atoms with Gasteiger partial charge in [0.1, 0.15) is 46.5 Å². The van der Waals surface area contributed by atoms with Gasteiger partial charge in [0.05, 0.1) is 40.8 Å². The first kappa shape index (κ1) is 90.6. The number of aldehydes is 1. The van der Waals surface area contributed by atoms with E-state index in [9.17, 15) is 57.8 Å². The fourth-order valence-corrected chi connectivity index (χ4v) is 12.0. The smallest absolute Gasteiger partial charge is 0.410 e. The number of fused-ring (bicyclic) bond motifs is 1. The molecule has 0 aliphatic carbocycles. The highest BCUT2D eigenvalue weighted by atomic mass is 127. The normalized spacial score (nSPS) is 17.5. The summed E-state index contributed by atoms with van der Waals surface area (Å²) in [4.78, 5) is 163. The number of nitrogens with zero attached hydrogens (tertiary/aromatic N) is 5. The summed E-state index contributed by atoms with van der Waals surface area (Å²) in [6.07, 6.45) is -2.21. The molecule has 4 atom stereocenters. The van der Waals surface area contributed by atoms with Crippen molar-refractivity contribution in [1.29, 1.82) is 0 Å². The van der Waals surface area contributed by atoms with Crippen LogP contribution in [-0.2, 0) is 65.4 Å². The van der Waals surface area contributed by atoms with Gasteiger partial charge in [-0.1, -0.05) is 55.5 Å². The lowest BCUT2D eigenvalue weighted by Crippen LogP contribution is -2.67. The van der Waals surface area contributed by atoms with E-state index in [-0.39, 0.29) is 148 Å². The van der Waals surface area contributed by atoms with Gasteiger partial charge in [-0.2, -0.15) is 0 Å². The lowest BCUT2D eigenvalue weighted by molar-refractivity contribution is -0.133. The number of guanidine groups is 1. The van der Waals surface area contributed by atoms with Gasteiger partial charge in [0, 0.05) is 90.1 Å². The molecule has 0 radical (unpaired) electrons. The van der Waals surface area contributed by atoms with Gasteiger partial charge in [0.2, 0.25) is 35.4 Å². The first-order valence-electron chi connectivity index (χ1n) is 36.1. The van der Waals surface area contributed by atoms with Crippen molar-refractivity contribution in [2.75, 3.05) is 92.1 Å². The van der Waals surface area contributed by atoms with Gasteiger partial charge in [0.25, 0.3) is 0 Å². The van der Waals surface area contributed by atoms with Crippen LogP contribution in [-0.4, -0.2) is 241 Å².